The lowest BCUT2D eigenvalue weighted by molar-refractivity contribution is 0.0787. The molecule has 2 aromatic carbocycles. The molecule has 0 saturated carbocycles. The summed E-state index contributed by atoms with van der Waals surface area (Å²) in [5.41, 5.74) is 6.25. The number of carbonyl (C=O) groups excluding carboxylic acids is 2. The van der Waals surface area contributed by atoms with E-state index in [0.29, 0.717) is 17.0 Å². The molecule has 2 amide bonds. The van der Waals surface area contributed by atoms with Crippen LogP contribution in [0.15, 0.2) is 59.5 Å². The molecule has 1 fully saturated rings. The largest absolute Gasteiger partial charge is 0.366 e. The van der Waals surface area contributed by atoms with Crippen molar-refractivity contribution in [2.24, 2.45) is 11.7 Å². The molecule has 3 rings (SSSR count). The van der Waals surface area contributed by atoms with Crippen LogP contribution in [0.1, 0.15) is 27.1 Å². The molecule has 0 unspecified atom stereocenters. The third-order valence-corrected chi connectivity index (χ3v) is 5.46. The first kappa shape index (κ1) is 16.6. The summed E-state index contributed by atoms with van der Waals surface area (Å²) in [4.78, 5) is 26.8. The second kappa shape index (κ2) is 7.53. The molecule has 2 aromatic rings. The monoisotopic (exact) mass is 340 g/mol. The molecule has 124 valence electrons. The Kier molecular flexibility index (Phi) is 5.20. The highest BCUT2D eigenvalue weighted by molar-refractivity contribution is 7.99. The lowest BCUT2D eigenvalue weighted by Crippen LogP contribution is -2.29. The number of primary amides is 1. The van der Waals surface area contributed by atoms with Gasteiger partial charge in [0.2, 0.25) is 5.91 Å². The maximum Gasteiger partial charge on any atom is 0.253 e. The van der Waals surface area contributed by atoms with Crippen molar-refractivity contribution in [2.75, 3.05) is 18.8 Å². The van der Waals surface area contributed by atoms with Crippen LogP contribution in [0.2, 0.25) is 0 Å². The Labute approximate surface area is 146 Å². The van der Waals surface area contributed by atoms with Crippen LogP contribution in [0.4, 0.5) is 0 Å². The minimum atomic E-state index is -0.479. The predicted octanol–water partition coefficient (Wildman–Crippen LogP) is 3.04. The number of hydrogen-bond donors (Lipinski definition) is 1. The van der Waals surface area contributed by atoms with E-state index in [-0.39, 0.29) is 5.91 Å². The Morgan fingerprint density at radius 1 is 1.04 bits per heavy atom. The Morgan fingerprint density at radius 3 is 2.38 bits per heavy atom. The number of nitrogens with zero attached hydrogens (tertiary/aromatic N) is 1. The van der Waals surface area contributed by atoms with Gasteiger partial charge in [0.25, 0.3) is 5.91 Å². The fourth-order valence-electron chi connectivity index (χ4n) is 2.84. The molecule has 24 heavy (non-hydrogen) atoms. The Balaban J connectivity index is 1.54. The van der Waals surface area contributed by atoms with Crippen molar-refractivity contribution in [3.63, 3.8) is 0 Å². The van der Waals surface area contributed by atoms with Crippen molar-refractivity contribution in [3.8, 4) is 0 Å². The number of likely N-dealkylation sites (tertiary alicyclic amines) is 1. The van der Waals surface area contributed by atoms with E-state index < -0.39 is 5.91 Å². The standard InChI is InChI=1S/C19H20N2O2S/c20-18(22)15-6-8-16(9-7-15)19(23)21-11-10-14(12-21)13-24-17-4-2-1-3-5-17/h1-9,14H,10-13H2,(H2,20,22)/t14-/m0/s1. The Bertz CT molecular complexity index is 716. The van der Waals surface area contributed by atoms with Gasteiger partial charge in [-0.3, -0.25) is 9.59 Å². The Hall–Kier alpha value is -2.27. The molecule has 0 radical (unpaired) electrons. The van der Waals surface area contributed by atoms with Gasteiger partial charge in [0.1, 0.15) is 0 Å². The van der Waals surface area contributed by atoms with Crippen LogP contribution in [0.3, 0.4) is 0 Å². The molecule has 0 aromatic heterocycles. The van der Waals surface area contributed by atoms with Gasteiger partial charge in [0, 0.05) is 34.9 Å². The minimum Gasteiger partial charge on any atom is -0.366 e. The minimum absolute atomic E-state index is 0.0261. The van der Waals surface area contributed by atoms with Gasteiger partial charge in [-0.25, -0.2) is 0 Å². The van der Waals surface area contributed by atoms with E-state index in [2.05, 4.69) is 12.1 Å². The van der Waals surface area contributed by atoms with Crippen LogP contribution in [-0.2, 0) is 0 Å². The summed E-state index contributed by atoms with van der Waals surface area (Å²) in [5.74, 6) is 1.09. The highest BCUT2D eigenvalue weighted by Gasteiger charge is 2.27. The maximum atomic E-state index is 12.6. The number of thioether (sulfide) groups is 1. The molecule has 0 bridgehead atoms. The van der Waals surface area contributed by atoms with Crippen molar-refractivity contribution >= 4 is 23.6 Å². The van der Waals surface area contributed by atoms with Gasteiger partial charge in [-0.15, -0.1) is 11.8 Å². The van der Waals surface area contributed by atoms with Crippen LogP contribution < -0.4 is 5.73 Å². The van der Waals surface area contributed by atoms with E-state index in [4.69, 9.17) is 5.73 Å². The normalized spacial score (nSPS) is 17.0. The van der Waals surface area contributed by atoms with Crippen molar-refractivity contribution < 1.29 is 9.59 Å². The smallest absolute Gasteiger partial charge is 0.253 e. The molecule has 5 heteroatoms. The number of benzene rings is 2. The molecule has 1 saturated heterocycles. The second-order valence-corrected chi connectivity index (χ2v) is 7.06. The third kappa shape index (κ3) is 3.97. The molecule has 2 N–H and O–H groups in total. The van der Waals surface area contributed by atoms with Crippen LogP contribution in [0, 0.1) is 5.92 Å². The lowest BCUT2D eigenvalue weighted by atomic mass is 10.1. The highest BCUT2D eigenvalue weighted by Crippen LogP contribution is 2.26. The summed E-state index contributed by atoms with van der Waals surface area (Å²) in [6.07, 6.45) is 1.03. The zero-order chi connectivity index (χ0) is 16.9. The van der Waals surface area contributed by atoms with Crippen molar-refractivity contribution in [1.29, 1.82) is 0 Å². The molecule has 0 spiro atoms. The molecular weight excluding hydrogens is 320 g/mol. The van der Waals surface area contributed by atoms with Gasteiger partial charge in [-0.1, -0.05) is 18.2 Å². The van der Waals surface area contributed by atoms with E-state index in [1.165, 1.54) is 4.90 Å². The van der Waals surface area contributed by atoms with E-state index in [9.17, 15) is 9.59 Å². The van der Waals surface area contributed by atoms with Crippen LogP contribution >= 0.6 is 11.8 Å². The fourth-order valence-corrected chi connectivity index (χ4v) is 3.89. The van der Waals surface area contributed by atoms with Crippen LogP contribution in [0.5, 0.6) is 0 Å². The van der Waals surface area contributed by atoms with Gasteiger partial charge in [-0.05, 0) is 48.7 Å². The molecule has 1 heterocycles. The number of amides is 2. The molecule has 0 aliphatic carbocycles. The quantitative estimate of drug-likeness (QED) is 0.851. The number of hydrogen-bond acceptors (Lipinski definition) is 3. The summed E-state index contributed by atoms with van der Waals surface area (Å²) in [7, 11) is 0. The summed E-state index contributed by atoms with van der Waals surface area (Å²) in [6, 6.07) is 16.9. The maximum absolute atomic E-state index is 12.6. The lowest BCUT2D eigenvalue weighted by Gasteiger charge is -2.16. The first-order valence-electron chi connectivity index (χ1n) is 8.00. The van der Waals surface area contributed by atoms with E-state index in [1.54, 1.807) is 24.3 Å². The van der Waals surface area contributed by atoms with E-state index in [0.717, 1.165) is 25.3 Å². The Morgan fingerprint density at radius 2 is 1.71 bits per heavy atom. The van der Waals surface area contributed by atoms with Gasteiger partial charge in [-0.2, -0.15) is 0 Å². The summed E-state index contributed by atoms with van der Waals surface area (Å²) in [5, 5.41) is 0. The van der Waals surface area contributed by atoms with E-state index in [1.807, 2.05) is 34.9 Å². The number of rotatable bonds is 5. The zero-order valence-electron chi connectivity index (χ0n) is 13.4. The first-order valence-corrected chi connectivity index (χ1v) is 8.99. The average molecular weight is 340 g/mol. The van der Waals surface area contributed by atoms with Gasteiger partial charge in [0.15, 0.2) is 0 Å². The van der Waals surface area contributed by atoms with Crippen molar-refractivity contribution in [1.82, 2.24) is 4.90 Å². The third-order valence-electron chi connectivity index (χ3n) is 4.22. The number of nitrogens with two attached hydrogens (primary N) is 1. The zero-order valence-corrected chi connectivity index (χ0v) is 14.2. The van der Waals surface area contributed by atoms with Gasteiger partial charge >= 0.3 is 0 Å². The van der Waals surface area contributed by atoms with Gasteiger partial charge in [0.05, 0.1) is 0 Å². The van der Waals surface area contributed by atoms with Gasteiger partial charge < -0.3 is 10.6 Å². The predicted molar refractivity (Wildman–Crippen MR) is 96.1 cm³/mol. The SMILES string of the molecule is NC(=O)c1ccc(C(=O)N2CC[C@H](CSc3ccccc3)C2)cc1. The van der Waals surface area contributed by atoms with E-state index >= 15 is 0 Å². The van der Waals surface area contributed by atoms with Crippen molar-refractivity contribution in [3.05, 3.63) is 65.7 Å². The highest BCUT2D eigenvalue weighted by atomic mass is 32.2. The molecular formula is C19H20N2O2S. The van der Waals surface area contributed by atoms with Crippen LogP contribution in [0.25, 0.3) is 0 Å². The fraction of sp³-hybridized carbons (Fsp3) is 0.263. The topological polar surface area (TPSA) is 63.4 Å². The molecule has 1 aliphatic heterocycles. The average Bonchev–Trinajstić information content (AvgIpc) is 3.09. The summed E-state index contributed by atoms with van der Waals surface area (Å²) in [6.45, 7) is 1.58. The molecule has 1 aliphatic rings. The van der Waals surface area contributed by atoms with Crippen molar-refractivity contribution in [2.45, 2.75) is 11.3 Å². The molecule has 4 nitrogen and oxygen atoms in total. The number of carbonyl (C=O) groups is 2. The molecule has 1 atom stereocenters. The summed E-state index contributed by atoms with van der Waals surface area (Å²) < 4.78 is 0. The summed E-state index contributed by atoms with van der Waals surface area (Å²) >= 11 is 1.84. The second-order valence-electron chi connectivity index (χ2n) is 5.97. The van der Waals surface area contributed by atoms with Crippen LogP contribution in [-0.4, -0.2) is 35.6 Å². The first-order chi connectivity index (χ1) is 11.6.